The van der Waals surface area contributed by atoms with E-state index in [1.54, 1.807) is 38.4 Å². The molecule has 0 aliphatic carbocycles. The maximum atomic E-state index is 12.8. The molecule has 0 atom stereocenters. The van der Waals surface area contributed by atoms with Crippen LogP contribution in [0.25, 0.3) is 0 Å². The quantitative estimate of drug-likeness (QED) is 0.516. The fourth-order valence-electron chi connectivity index (χ4n) is 3.05. The van der Waals surface area contributed by atoms with E-state index in [1.807, 2.05) is 31.2 Å². The van der Waals surface area contributed by atoms with Gasteiger partial charge in [0.05, 0.1) is 0 Å². The van der Waals surface area contributed by atoms with E-state index in [4.69, 9.17) is 0 Å². The molecule has 32 heavy (non-hydrogen) atoms. The van der Waals surface area contributed by atoms with Crippen LogP contribution in [-0.2, 0) is 0 Å². The van der Waals surface area contributed by atoms with E-state index >= 15 is 0 Å². The molecule has 1 aromatic heterocycles. The molecule has 1 heterocycles. The number of aryl methyl sites for hydroxylation is 1. The standard InChI is InChI=1S/C24H28N6O2/c1-15(2)17-7-6-8-19(11-17)28-23(31)18-10-9-16(3)20(12-18)29-24(32)30(5)22-13-21(25-4)26-14-27-22/h6-15H,1-5H3,(H,28,31)(H,29,32)(H,25,26,27). The Balaban J connectivity index is 1.75. The number of amides is 3. The second kappa shape index (κ2) is 9.91. The summed E-state index contributed by atoms with van der Waals surface area (Å²) in [5.41, 5.74) is 3.71. The molecule has 0 saturated heterocycles. The highest BCUT2D eigenvalue weighted by atomic mass is 16.2. The zero-order valence-electron chi connectivity index (χ0n) is 18.9. The maximum Gasteiger partial charge on any atom is 0.327 e. The van der Waals surface area contributed by atoms with Crippen molar-refractivity contribution >= 4 is 34.9 Å². The van der Waals surface area contributed by atoms with Crippen molar-refractivity contribution in [2.24, 2.45) is 0 Å². The number of benzene rings is 2. The lowest BCUT2D eigenvalue weighted by molar-refractivity contribution is 0.102. The number of anilines is 4. The zero-order valence-corrected chi connectivity index (χ0v) is 18.9. The lowest BCUT2D eigenvalue weighted by Gasteiger charge is -2.18. The van der Waals surface area contributed by atoms with Crippen molar-refractivity contribution in [2.45, 2.75) is 26.7 Å². The van der Waals surface area contributed by atoms with Gasteiger partial charge in [0.25, 0.3) is 5.91 Å². The van der Waals surface area contributed by atoms with Gasteiger partial charge in [0.1, 0.15) is 18.0 Å². The number of carbonyl (C=O) groups excluding carboxylic acids is 2. The highest BCUT2D eigenvalue weighted by Crippen LogP contribution is 2.22. The Hall–Kier alpha value is -3.94. The summed E-state index contributed by atoms with van der Waals surface area (Å²) in [5.74, 6) is 1.16. The van der Waals surface area contributed by atoms with Crippen LogP contribution in [0.15, 0.2) is 54.9 Å². The summed E-state index contributed by atoms with van der Waals surface area (Å²) < 4.78 is 0. The van der Waals surface area contributed by atoms with Crippen molar-refractivity contribution in [1.29, 1.82) is 0 Å². The number of rotatable bonds is 6. The molecule has 3 N–H and O–H groups in total. The summed E-state index contributed by atoms with van der Waals surface area (Å²) in [6.45, 7) is 6.08. The molecule has 0 fully saturated rings. The lowest BCUT2D eigenvalue weighted by Crippen LogP contribution is -2.32. The smallest absolute Gasteiger partial charge is 0.327 e. The first-order chi connectivity index (χ1) is 15.3. The second-order valence-corrected chi connectivity index (χ2v) is 7.76. The van der Waals surface area contributed by atoms with Crippen LogP contribution in [-0.4, -0.2) is 36.0 Å². The third kappa shape index (κ3) is 5.40. The van der Waals surface area contributed by atoms with Crippen LogP contribution in [0.1, 0.15) is 41.3 Å². The molecule has 0 unspecified atom stereocenters. The first-order valence-corrected chi connectivity index (χ1v) is 10.3. The average molecular weight is 433 g/mol. The van der Waals surface area contributed by atoms with Crippen LogP contribution in [0.4, 0.5) is 27.8 Å². The fraction of sp³-hybridized carbons (Fsp3) is 0.250. The summed E-state index contributed by atoms with van der Waals surface area (Å²) in [4.78, 5) is 35.2. The van der Waals surface area contributed by atoms with Crippen molar-refractivity contribution in [1.82, 2.24) is 9.97 Å². The SMILES string of the molecule is CNc1cc(N(C)C(=O)Nc2cc(C(=O)Nc3cccc(C(C)C)c3)ccc2C)ncn1. The minimum Gasteiger partial charge on any atom is -0.373 e. The van der Waals surface area contributed by atoms with Crippen molar-refractivity contribution < 1.29 is 9.59 Å². The molecule has 0 spiro atoms. The van der Waals surface area contributed by atoms with Gasteiger partial charge in [-0.2, -0.15) is 0 Å². The number of hydrogen-bond donors (Lipinski definition) is 3. The lowest BCUT2D eigenvalue weighted by atomic mass is 10.0. The molecular weight excluding hydrogens is 404 g/mol. The van der Waals surface area contributed by atoms with E-state index in [1.165, 1.54) is 11.2 Å². The molecule has 166 valence electrons. The molecule has 3 rings (SSSR count). The summed E-state index contributed by atoms with van der Waals surface area (Å²) in [6, 6.07) is 14.3. The zero-order chi connectivity index (χ0) is 23.3. The van der Waals surface area contributed by atoms with E-state index in [-0.39, 0.29) is 11.9 Å². The molecule has 0 saturated carbocycles. The topological polar surface area (TPSA) is 99.2 Å². The summed E-state index contributed by atoms with van der Waals surface area (Å²) in [5, 5.41) is 8.70. The largest absolute Gasteiger partial charge is 0.373 e. The van der Waals surface area contributed by atoms with Gasteiger partial charge in [-0.25, -0.2) is 14.8 Å². The van der Waals surface area contributed by atoms with Crippen LogP contribution >= 0.6 is 0 Å². The number of urea groups is 1. The molecule has 8 heteroatoms. The van der Waals surface area contributed by atoms with Gasteiger partial charge >= 0.3 is 6.03 Å². The molecule has 8 nitrogen and oxygen atoms in total. The van der Waals surface area contributed by atoms with Crippen molar-refractivity contribution in [3.63, 3.8) is 0 Å². The first kappa shape index (κ1) is 22.7. The van der Waals surface area contributed by atoms with Gasteiger partial charge in [-0.05, 0) is 48.2 Å². The molecule has 3 amide bonds. The Morgan fingerprint density at radius 3 is 2.50 bits per heavy atom. The van der Waals surface area contributed by atoms with Gasteiger partial charge in [-0.3, -0.25) is 9.69 Å². The van der Waals surface area contributed by atoms with Gasteiger partial charge in [-0.15, -0.1) is 0 Å². The molecule has 2 aromatic carbocycles. The maximum absolute atomic E-state index is 12.8. The predicted molar refractivity (Wildman–Crippen MR) is 129 cm³/mol. The number of carbonyl (C=O) groups is 2. The number of aromatic nitrogens is 2. The molecule has 3 aromatic rings. The van der Waals surface area contributed by atoms with Gasteiger partial charge in [0.15, 0.2) is 0 Å². The minimum atomic E-state index is -0.379. The van der Waals surface area contributed by atoms with Crippen LogP contribution < -0.4 is 20.9 Å². The van der Waals surface area contributed by atoms with E-state index in [0.29, 0.717) is 28.8 Å². The Labute approximate surface area is 188 Å². The monoisotopic (exact) mass is 432 g/mol. The van der Waals surface area contributed by atoms with Crippen LogP contribution in [0.2, 0.25) is 0 Å². The predicted octanol–water partition coefficient (Wildman–Crippen LogP) is 4.87. The van der Waals surface area contributed by atoms with Crippen molar-refractivity contribution in [3.05, 3.63) is 71.5 Å². The van der Waals surface area contributed by atoms with Crippen molar-refractivity contribution in [2.75, 3.05) is 34.9 Å². The molecule has 0 radical (unpaired) electrons. The van der Waals surface area contributed by atoms with E-state index in [9.17, 15) is 9.59 Å². The van der Waals surface area contributed by atoms with E-state index in [2.05, 4.69) is 39.8 Å². The Kier molecular flexibility index (Phi) is 7.04. The van der Waals surface area contributed by atoms with Gasteiger partial charge in [0, 0.05) is 37.1 Å². The molecule has 0 aliphatic heterocycles. The second-order valence-electron chi connectivity index (χ2n) is 7.76. The third-order valence-electron chi connectivity index (χ3n) is 5.11. The van der Waals surface area contributed by atoms with Crippen LogP contribution in [0.3, 0.4) is 0 Å². The molecule has 0 aliphatic rings. The van der Waals surface area contributed by atoms with Crippen LogP contribution in [0, 0.1) is 6.92 Å². The van der Waals surface area contributed by atoms with Gasteiger partial charge in [-0.1, -0.05) is 32.0 Å². The number of hydrogen-bond acceptors (Lipinski definition) is 5. The highest BCUT2D eigenvalue weighted by Gasteiger charge is 2.16. The van der Waals surface area contributed by atoms with E-state index < -0.39 is 0 Å². The average Bonchev–Trinajstić information content (AvgIpc) is 2.80. The minimum absolute atomic E-state index is 0.246. The summed E-state index contributed by atoms with van der Waals surface area (Å²) in [6.07, 6.45) is 1.38. The number of nitrogens with zero attached hydrogens (tertiary/aromatic N) is 3. The van der Waals surface area contributed by atoms with Crippen LogP contribution in [0.5, 0.6) is 0 Å². The Morgan fingerprint density at radius 1 is 1.00 bits per heavy atom. The van der Waals surface area contributed by atoms with Crippen molar-refractivity contribution in [3.8, 4) is 0 Å². The fourth-order valence-corrected chi connectivity index (χ4v) is 3.05. The molecular formula is C24H28N6O2. The summed E-state index contributed by atoms with van der Waals surface area (Å²) >= 11 is 0. The summed E-state index contributed by atoms with van der Waals surface area (Å²) in [7, 11) is 3.36. The highest BCUT2D eigenvalue weighted by molar-refractivity contribution is 6.06. The number of nitrogens with one attached hydrogen (secondary N) is 3. The Morgan fingerprint density at radius 2 is 1.78 bits per heavy atom. The first-order valence-electron chi connectivity index (χ1n) is 10.3. The third-order valence-corrected chi connectivity index (χ3v) is 5.11. The Bertz CT molecular complexity index is 1130. The van der Waals surface area contributed by atoms with Gasteiger partial charge in [0.2, 0.25) is 0 Å². The molecule has 0 bridgehead atoms. The normalized spacial score (nSPS) is 10.6. The van der Waals surface area contributed by atoms with E-state index in [0.717, 1.165) is 16.8 Å². The van der Waals surface area contributed by atoms with Gasteiger partial charge < -0.3 is 16.0 Å².